The van der Waals surface area contributed by atoms with Gasteiger partial charge in [0.25, 0.3) is 5.91 Å². The number of halogens is 1. The number of carbonyl (C=O) groups excluding carboxylic acids is 1. The van der Waals surface area contributed by atoms with Crippen LogP contribution in [0.15, 0.2) is 40.9 Å². The fourth-order valence-electron chi connectivity index (χ4n) is 2.78. The summed E-state index contributed by atoms with van der Waals surface area (Å²) >= 11 is 3.48. The summed E-state index contributed by atoms with van der Waals surface area (Å²) < 4.78 is 11.6. The molecule has 4 nitrogen and oxygen atoms in total. The smallest absolute Gasteiger partial charge is 0.258 e. The lowest BCUT2D eigenvalue weighted by Gasteiger charge is -2.08. The van der Waals surface area contributed by atoms with Gasteiger partial charge >= 0.3 is 0 Å². The summed E-state index contributed by atoms with van der Waals surface area (Å²) in [7, 11) is 1.79. The van der Waals surface area contributed by atoms with E-state index in [2.05, 4.69) is 15.9 Å². The molecule has 2 aliphatic heterocycles. The Bertz CT molecular complexity index is 829. The van der Waals surface area contributed by atoms with E-state index in [1.807, 2.05) is 42.5 Å². The number of ether oxygens (including phenoxy) is 2. The van der Waals surface area contributed by atoms with Crippen LogP contribution < -0.4 is 14.4 Å². The molecular formula is C17H12BrNO3. The maximum atomic E-state index is 12.5. The van der Waals surface area contributed by atoms with E-state index in [1.165, 1.54) is 0 Å². The highest BCUT2D eigenvalue weighted by molar-refractivity contribution is 9.10. The number of fused-ring (bicyclic) bond motifs is 2. The number of para-hydroxylation sites is 1. The highest BCUT2D eigenvalue weighted by Gasteiger charge is 2.29. The molecule has 2 aromatic carbocycles. The Labute approximate surface area is 136 Å². The molecule has 2 heterocycles. The third kappa shape index (κ3) is 1.93. The molecule has 0 radical (unpaired) electrons. The van der Waals surface area contributed by atoms with Crippen molar-refractivity contribution in [3.8, 4) is 11.5 Å². The predicted octanol–water partition coefficient (Wildman–Crippen LogP) is 3.69. The van der Waals surface area contributed by atoms with E-state index in [0.29, 0.717) is 17.1 Å². The van der Waals surface area contributed by atoms with Crippen LogP contribution in [-0.2, 0) is 4.79 Å². The van der Waals surface area contributed by atoms with Gasteiger partial charge in [0.1, 0.15) is 0 Å². The topological polar surface area (TPSA) is 38.8 Å². The molecule has 0 unspecified atom stereocenters. The maximum absolute atomic E-state index is 12.5. The van der Waals surface area contributed by atoms with Gasteiger partial charge in [-0.25, -0.2) is 0 Å². The van der Waals surface area contributed by atoms with Crippen molar-refractivity contribution in [1.29, 1.82) is 0 Å². The van der Waals surface area contributed by atoms with E-state index in [0.717, 1.165) is 21.3 Å². The first-order chi connectivity index (χ1) is 10.6. The number of hydrogen-bond donors (Lipinski definition) is 0. The van der Waals surface area contributed by atoms with Gasteiger partial charge in [0.15, 0.2) is 11.5 Å². The Morgan fingerprint density at radius 3 is 2.91 bits per heavy atom. The molecule has 0 fully saturated rings. The van der Waals surface area contributed by atoms with Crippen molar-refractivity contribution in [2.75, 3.05) is 18.7 Å². The summed E-state index contributed by atoms with van der Waals surface area (Å²) in [5.41, 5.74) is 3.45. The first kappa shape index (κ1) is 13.4. The van der Waals surface area contributed by atoms with Crippen molar-refractivity contribution in [2.45, 2.75) is 0 Å². The Hall–Kier alpha value is -2.27. The van der Waals surface area contributed by atoms with E-state index >= 15 is 0 Å². The Kier molecular flexibility index (Phi) is 2.97. The molecule has 4 rings (SSSR count). The van der Waals surface area contributed by atoms with E-state index in [4.69, 9.17) is 9.47 Å². The van der Waals surface area contributed by atoms with Gasteiger partial charge in [-0.05, 0) is 45.8 Å². The molecular weight excluding hydrogens is 346 g/mol. The van der Waals surface area contributed by atoms with E-state index in [9.17, 15) is 4.79 Å². The summed E-state index contributed by atoms with van der Waals surface area (Å²) in [5, 5.41) is 0. The van der Waals surface area contributed by atoms with Crippen LogP contribution in [0.2, 0.25) is 0 Å². The number of amides is 1. The highest BCUT2D eigenvalue weighted by Crippen LogP contribution is 2.42. The zero-order valence-corrected chi connectivity index (χ0v) is 13.4. The molecule has 0 aliphatic carbocycles. The van der Waals surface area contributed by atoms with Crippen molar-refractivity contribution in [1.82, 2.24) is 0 Å². The molecule has 2 aromatic rings. The standard InChI is InChI=1S/C17H12BrNO3/c1-19-14-5-3-2-4-11(14)12(17(19)20)6-10-7-13(18)16-15(8-10)21-9-22-16/h2-8H,9H2,1H3/b12-6-. The van der Waals surface area contributed by atoms with Gasteiger partial charge < -0.3 is 14.4 Å². The van der Waals surface area contributed by atoms with Crippen molar-refractivity contribution < 1.29 is 14.3 Å². The Balaban J connectivity index is 1.84. The number of anilines is 1. The molecule has 0 atom stereocenters. The van der Waals surface area contributed by atoms with Gasteiger partial charge in [-0.2, -0.15) is 0 Å². The fraction of sp³-hybridized carbons (Fsp3) is 0.118. The van der Waals surface area contributed by atoms with Crippen LogP contribution in [-0.4, -0.2) is 19.7 Å². The molecule has 110 valence electrons. The molecule has 0 saturated carbocycles. The van der Waals surface area contributed by atoms with Crippen LogP contribution in [0.3, 0.4) is 0 Å². The van der Waals surface area contributed by atoms with Crippen LogP contribution in [0, 0.1) is 0 Å². The van der Waals surface area contributed by atoms with Gasteiger partial charge in [0.05, 0.1) is 10.2 Å². The minimum atomic E-state index is -0.00464. The number of rotatable bonds is 1. The van der Waals surface area contributed by atoms with Crippen LogP contribution in [0.5, 0.6) is 11.5 Å². The molecule has 1 amide bonds. The number of carbonyl (C=O) groups is 1. The van der Waals surface area contributed by atoms with Gasteiger partial charge in [0, 0.05) is 18.2 Å². The molecule has 0 saturated heterocycles. The average Bonchev–Trinajstić information content (AvgIpc) is 3.08. The van der Waals surface area contributed by atoms with E-state index in [-0.39, 0.29) is 12.7 Å². The predicted molar refractivity (Wildman–Crippen MR) is 88.0 cm³/mol. The maximum Gasteiger partial charge on any atom is 0.258 e. The first-order valence-electron chi connectivity index (χ1n) is 6.83. The number of likely N-dealkylation sites (N-methyl/N-ethyl adjacent to an activating group) is 1. The largest absolute Gasteiger partial charge is 0.454 e. The summed E-state index contributed by atoms with van der Waals surface area (Å²) in [6.07, 6.45) is 1.89. The number of hydrogen-bond acceptors (Lipinski definition) is 3. The van der Waals surface area contributed by atoms with Gasteiger partial charge in [-0.15, -0.1) is 0 Å². The SMILES string of the molecule is CN1C(=O)/C(=C\c2cc(Br)c3c(c2)OCO3)c2ccccc21. The lowest BCUT2D eigenvalue weighted by molar-refractivity contribution is -0.112. The second-order valence-electron chi connectivity index (χ2n) is 5.18. The quantitative estimate of drug-likeness (QED) is 0.730. The second-order valence-corrected chi connectivity index (χ2v) is 6.03. The van der Waals surface area contributed by atoms with Crippen molar-refractivity contribution >= 4 is 39.2 Å². The lowest BCUT2D eigenvalue weighted by Crippen LogP contribution is -2.20. The molecule has 0 aromatic heterocycles. The average molecular weight is 358 g/mol. The zero-order chi connectivity index (χ0) is 15.3. The van der Waals surface area contributed by atoms with E-state index in [1.54, 1.807) is 11.9 Å². The van der Waals surface area contributed by atoms with Gasteiger partial charge in [0.2, 0.25) is 6.79 Å². The summed E-state index contributed by atoms with van der Waals surface area (Å²) in [5.74, 6) is 1.39. The first-order valence-corrected chi connectivity index (χ1v) is 7.63. The number of nitrogens with zero attached hydrogens (tertiary/aromatic N) is 1. The summed E-state index contributed by atoms with van der Waals surface area (Å²) in [6.45, 7) is 0.221. The Morgan fingerprint density at radius 1 is 1.23 bits per heavy atom. The minimum Gasteiger partial charge on any atom is -0.454 e. The highest BCUT2D eigenvalue weighted by atomic mass is 79.9. The minimum absolute atomic E-state index is 0.00464. The van der Waals surface area contributed by atoms with Crippen molar-refractivity contribution in [2.24, 2.45) is 0 Å². The number of benzene rings is 2. The molecule has 2 aliphatic rings. The van der Waals surface area contributed by atoms with Crippen LogP contribution in [0.1, 0.15) is 11.1 Å². The van der Waals surface area contributed by atoms with Crippen molar-refractivity contribution in [3.05, 3.63) is 52.0 Å². The summed E-state index contributed by atoms with van der Waals surface area (Å²) in [6, 6.07) is 11.6. The third-order valence-electron chi connectivity index (χ3n) is 3.85. The monoisotopic (exact) mass is 357 g/mol. The van der Waals surface area contributed by atoms with Crippen LogP contribution >= 0.6 is 15.9 Å². The summed E-state index contributed by atoms with van der Waals surface area (Å²) in [4.78, 5) is 14.1. The molecule has 5 heteroatoms. The van der Waals surface area contributed by atoms with E-state index < -0.39 is 0 Å². The van der Waals surface area contributed by atoms with Gasteiger partial charge in [-0.3, -0.25) is 4.79 Å². The zero-order valence-electron chi connectivity index (χ0n) is 11.8. The molecule has 0 bridgehead atoms. The molecule has 0 N–H and O–H groups in total. The molecule has 0 spiro atoms. The molecule has 22 heavy (non-hydrogen) atoms. The van der Waals surface area contributed by atoms with Gasteiger partial charge in [-0.1, -0.05) is 18.2 Å². The third-order valence-corrected chi connectivity index (χ3v) is 4.44. The normalized spacial score (nSPS) is 17.3. The van der Waals surface area contributed by atoms with Crippen LogP contribution in [0.25, 0.3) is 11.6 Å². The van der Waals surface area contributed by atoms with Crippen LogP contribution in [0.4, 0.5) is 5.69 Å². The van der Waals surface area contributed by atoms with Crippen molar-refractivity contribution in [3.63, 3.8) is 0 Å². The Morgan fingerprint density at radius 2 is 2.05 bits per heavy atom. The lowest BCUT2D eigenvalue weighted by atomic mass is 10.0. The second kappa shape index (κ2) is 4.88. The fourth-order valence-corrected chi connectivity index (χ4v) is 3.35.